The Labute approximate surface area is 139 Å². The lowest BCUT2D eigenvalue weighted by atomic mass is 10.1. The van der Waals surface area contributed by atoms with Gasteiger partial charge in [0.05, 0.1) is 14.2 Å². The van der Waals surface area contributed by atoms with E-state index in [-0.39, 0.29) is 16.4 Å². The summed E-state index contributed by atoms with van der Waals surface area (Å²) in [5.74, 6) is -1.08. The van der Waals surface area contributed by atoms with Gasteiger partial charge in [-0.1, -0.05) is 0 Å². The van der Waals surface area contributed by atoms with Gasteiger partial charge >= 0.3 is 12.2 Å². The molecule has 0 saturated carbocycles. The highest BCUT2D eigenvalue weighted by atomic mass is 16.6. The van der Waals surface area contributed by atoms with E-state index in [1.54, 1.807) is 4.90 Å². The quantitative estimate of drug-likeness (QED) is 0.836. The summed E-state index contributed by atoms with van der Waals surface area (Å²) in [5, 5.41) is 0. The molecule has 0 aromatic heterocycles. The number of methoxy groups -OCH3 is 2. The van der Waals surface area contributed by atoms with E-state index in [9.17, 15) is 19.2 Å². The van der Waals surface area contributed by atoms with Crippen molar-refractivity contribution in [3.63, 3.8) is 0 Å². The summed E-state index contributed by atoms with van der Waals surface area (Å²) < 4.78 is 8.81. The molecule has 1 aromatic carbocycles. The van der Waals surface area contributed by atoms with E-state index in [2.05, 4.69) is 9.47 Å². The van der Waals surface area contributed by atoms with Crippen molar-refractivity contribution in [3.05, 3.63) is 35.4 Å². The van der Waals surface area contributed by atoms with Gasteiger partial charge in [-0.05, 0) is 38.1 Å². The van der Waals surface area contributed by atoms with E-state index >= 15 is 0 Å². The van der Waals surface area contributed by atoms with Gasteiger partial charge in [-0.3, -0.25) is 9.59 Å². The van der Waals surface area contributed by atoms with E-state index in [4.69, 9.17) is 0 Å². The maximum atomic E-state index is 12.3. The molecule has 0 unspecified atom stereocenters. The number of nitrogens with zero attached hydrogens (tertiary/aromatic N) is 2. The number of hydrogen-bond acceptors (Lipinski definition) is 6. The van der Waals surface area contributed by atoms with Gasteiger partial charge in [0.15, 0.2) is 0 Å². The second-order valence-corrected chi connectivity index (χ2v) is 4.64. The van der Waals surface area contributed by atoms with Gasteiger partial charge in [-0.15, -0.1) is 4.90 Å². The number of imide groups is 3. The standard InChI is InChI=1S/C16H20N2O6/c1-5-17(6-2)13(19)11-7-9-12(10-8-11)14(20)18(15(21)23-3)16(22)24-4/h7-10H,5-6H2,1-4H3. The summed E-state index contributed by atoms with van der Waals surface area (Å²) in [7, 11) is 2.08. The maximum Gasteiger partial charge on any atom is 0.426 e. The fraction of sp³-hybridized carbons (Fsp3) is 0.375. The van der Waals surface area contributed by atoms with Gasteiger partial charge in [-0.25, -0.2) is 9.59 Å². The van der Waals surface area contributed by atoms with Crippen LogP contribution in [0.1, 0.15) is 34.6 Å². The summed E-state index contributed by atoms with van der Waals surface area (Å²) in [6, 6.07) is 5.64. The Morgan fingerprint density at radius 1 is 0.792 bits per heavy atom. The van der Waals surface area contributed by atoms with E-state index in [1.807, 2.05) is 13.8 Å². The summed E-state index contributed by atoms with van der Waals surface area (Å²) in [4.78, 5) is 49.6. The molecule has 0 aliphatic heterocycles. The van der Waals surface area contributed by atoms with E-state index in [0.717, 1.165) is 14.2 Å². The molecule has 24 heavy (non-hydrogen) atoms. The van der Waals surface area contributed by atoms with Crippen LogP contribution in [0.2, 0.25) is 0 Å². The van der Waals surface area contributed by atoms with Crippen LogP contribution in [0.25, 0.3) is 0 Å². The number of benzene rings is 1. The molecule has 0 atom stereocenters. The first-order chi connectivity index (χ1) is 11.4. The third-order valence-corrected chi connectivity index (χ3v) is 3.35. The van der Waals surface area contributed by atoms with Gasteiger partial charge in [-0.2, -0.15) is 0 Å². The Morgan fingerprint density at radius 2 is 1.17 bits per heavy atom. The minimum Gasteiger partial charge on any atom is -0.452 e. The summed E-state index contributed by atoms with van der Waals surface area (Å²) >= 11 is 0. The molecule has 8 nitrogen and oxygen atoms in total. The molecular weight excluding hydrogens is 316 g/mol. The zero-order valence-electron chi connectivity index (χ0n) is 14.1. The maximum absolute atomic E-state index is 12.3. The predicted octanol–water partition coefficient (Wildman–Crippen LogP) is 2.14. The molecule has 0 spiro atoms. The van der Waals surface area contributed by atoms with Gasteiger partial charge in [0.25, 0.3) is 11.8 Å². The highest BCUT2D eigenvalue weighted by molar-refractivity contribution is 6.13. The highest BCUT2D eigenvalue weighted by Gasteiger charge is 2.31. The van der Waals surface area contributed by atoms with Crippen LogP contribution in [-0.2, 0) is 9.47 Å². The van der Waals surface area contributed by atoms with Gasteiger partial charge < -0.3 is 14.4 Å². The fourth-order valence-corrected chi connectivity index (χ4v) is 2.00. The van der Waals surface area contributed by atoms with Crippen molar-refractivity contribution in [2.24, 2.45) is 0 Å². The van der Waals surface area contributed by atoms with Crippen molar-refractivity contribution in [1.82, 2.24) is 9.80 Å². The first-order valence-electron chi connectivity index (χ1n) is 7.30. The summed E-state index contributed by atoms with van der Waals surface area (Å²) in [6.45, 7) is 4.86. The van der Waals surface area contributed by atoms with Crippen molar-refractivity contribution in [1.29, 1.82) is 0 Å². The van der Waals surface area contributed by atoms with E-state index in [1.165, 1.54) is 24.3 Å². The normalized spacial score (nSPS) is 9.83. The monoisotopic (exact) mass is 336 g/mol. The van der Waals surface area contributed by atoms with E-state index < -0.39 is 18.1 Å². The molecule has 0 aliphatic rings. The smallest absolute Gasteiger partial charge is 0.426 e. The SMILES string of the molecule is CCN(CC)C(=O)c1ccc(C(=O)N(C(=O)OC)C(=O)OC)cc1. The second kappa shape index (κ2) is 8.66. The lowest BCUT2D eigenvalue weighted by molar-refractivity contribution is 0.0660. The Morgan fingerprint density at radius 3 is 1.50 bits per heavy atom. The number of carbonyl (C=O) groups excluding carboxylic acids is 4. The molecule has 0 fully saturated rings. The fourth-order valence-electron chi connectivity index (χ4n) is 2.00. The summed E-state index contributed by atoms with van der Waals surface area (Å²) in [6.07, 6.45) is -2.31. The lowest BCUT2D eigenvalue weighted by Gasteiger charge is -2.19. The first kappa shape index (κ1) is 19.1. The summed E-state index contributed by atoms with van der Waals surface area (Å²) in [5.41, 5.74) is 0.444. The Bertz CT molecular complexity index is 606. The molecule has 0 radical (unpaired) electrons. The minimum atomic E-state index is -1.16. The third-order valence-electron chi connectivity index (χ3n) is 3.35. The highest BCUT2D eigenvalue weighted by Crippen LogP contribution is 2.12. The van der Waals surface area contributed by atoms with Gasteiger partial charge in [0.1, 0.15) is 0 Å². The predicted molar refractivity (Wildman–Crippen MR) is 84.7 cm³/mol. The van der Waals surface area contributed by atoms with Crippen LogP contribution < -0.4 is 0 Å². The number of amides is 4. The molecule has 0 N–H and O–H groups in total. The zero-order valence-corrected chi connectivity index (χ0v) is 14.1. The van der Waals surface area contributed by atoms with Crippen LogP contribution in [0.4, 0.5) is 9.59 Å². The molecule has 0 bridgehead atoms. The number of rotatable bonds is 4. The zero-order chi connectivity index (χ0) is 18.3. The van der Waals surface area contributed by atoms with Crippen LogP contribution in [0, 0.1) is 0 Å². The topological polar surface area (TPSA) is 93.2 Å². The van der Waals surface area contributed by atoms with Crippen LogP contribution in [0.15, 0.2) is 24.3 Å². The van der Waals surface area contributed by atoms with Crippen molar-refractivity contribution < 1.29 is 28.7 Å². The Kier molecular flexibility index (Phi) is 6.91. The number of ether oxygens (including phenoxy) is 2. The molecule has 0 aliphatic carbocycles. The second-order valence-electron chi connectivity index (χ2n) is 4.64. The van der Waals surface area contributed by atoms with Crippen molar-refractivity contribution in [2.45, 2.75) is 13.8 Å². The molecule has 1 rings (SSSR count). The van der Waals surface area contributed by atoms with Crippen molar-refractivity contribution >= 4 is 24.0 Å². The van der Waals surface area contributed by atoms with Gasteiger partial charge in [0, 0.05) is 24.2 Å². The Hall–Kier alpha value is -2.90. The van der Waals surface area contributed by atoms with Crippen molar-refractivity contribution in [2.75, 3.05) is 27.3 Å². The minimum absolute atomic E-state index is 0.0434. The largest absolute Gasteiger partial charge is 0.452 e. The molecule has 8 heteroatoms. The van der Waals surface area contributed by atoms with Crippen LogP contribution in [-0.4, -0.2) is 61.1 Å². The third kappa shape index (κ3) is 4.09. The number of hydrogen-bond donors (Lipinski definition) is 0. The van der Waals surface area contributed by atoms with Crippen LogP contribution in [0.5, 0.6) is 0 Å². The molecule has 1 aromatic rings. The first-order valence-corrected chi connectivity index (χ1v) is 7.30. The molecule has 0 saturated heterocycles. The molecule has 130 valence electrons. The van der Waals surface area contributed by atoms with E-state index in [0.29, 0.717) is 18.7 Å². The average molecular weight is 336 g/mol. The lowest BCUT2D eigenvalue weighted by Crippen LogP contribution is -2.41. The molecular formula is C16H20N2O6. The Balaban J connectivity index is 3.06. The molecule has 4 amide bonds. The average Bonchev–Trinajstić information content (AvgIpc) is 2.62. The van der Waals surface area contributed by atoms with Crippen LogP contribution >= 0.6 is 0 Å². The van der Waals surface area contributed by atoms with Gasteiger partial charge in [0.2, 0.25) is 0 Å². The van der Waals surface area contributed by atoms with Crippen molar-refractivity contribution in [3.8, 4) is 0 Å². The molecule has 0 heterocycles. The van der Waals surface area contributed by atoms with Crippen LogP contribution in [0.3, 0.4) is 0 Å². The number of carbonyl (C=O) groups is 4.